The minimum Gasteiger partial charge on any atom is -0.481 e. The Morgan fingerprint density at radius 2 is 2.24 bits per heavy atom. The van der Waals surface area contributed by atoms with E-state index in [4.69, 9.17) is 5.11 Å². The largest absolute Gasteiger partial charge is 0.481 e. The Hall–Kier alpha value is -2.02. The molecule has 0 radical (unpaired) electrons. The zero-order chi connectivity index (χ0) is 15.4. The zero-order valence-corrected chi connectivity index (χ0v) is 11.5. The smallest absolute Gasteiger partial charge is 0.305 e. The van der Waals surface area contributed by atoms with Crippen molar-refractivity contribution in [3.05, 3.63) is 39.7 Å². The van der Waals surface area contributed by atoms with Gasteiger partial charge in [-0.1, -0.05) is 18.6 Å². The van der Waals surface area contributed by atoms with Gasteiger partial charge in [0.05, 0.1) is 11.3 Å². The molecule has 2 rings (SSSR count). The van der Waals surface area contributed by atoms with Gasteiger partial charge in [0.1, 0.15) is 0 Å². The number of rotatable bonds is 5. The molecule has 0 spiro atoms. The van der Waals surface area contributed by atoms with Crippen LogP contribution in [0.15, 0.2) is 18.2 Å². The van der Waals surface area contributed by atoms with Crippen LogP contribution >= 0.6 is 0 Å². The van der Waals surface area contributed by atoms with Crippen molar-refractivity contribution in [3.8, 4) is 0 Å². The van der Waals surface area contributed by atoms with E-state index in [1.807, 2.05) is 4.90 Å². The summed E-state index contributed by atoms with van der Waals surface area (Å²) < 4.78 is 14.1. The lowest BCUT2D eigenvalue weighted by atomic mass is 9.98. The maximum absolute atomic E-state index is 14.1. The highest BCUT2D eigenvalue weighted by atomic mass is 19.1. The highest BCUT2D eigenvalue weighted by molar-refractivity contribution is 5.67. The average molecular weight is 296 g/mol. The van der Waals surface area contributed by atoms with Gasteiger partial charge in [0.15, 0.2) is 0 Å². The molecule has 1 aliphatic heterocycles. The molecule has 0 amide bonds. The van der Waals surface area contributed by atoms with Crippen LogP contribution in [0.3, 0.4) is 0 Å². The van der Waals surface area contributed by atoms with Gasteiger partial charge >= 0.3 is 11.7 Å². The molecule has 1 aromatic carbocycles. The maximum atomic E-state index is 14.1. The van der Waals surface area contributed by atoms with E-state index in [9.17, 15) is 19.3 Å². The molecular formula is C14H17FN2O4. The molecule has 0 aliphatic carbocycles. The maximum Gasteiger partial charge on any atom is 0.305 e. The van der Waals surface area contributed by atoms with Gasteiger partial charge in [0, 0.05) is 24.2 Å². The molecule has 1 aromatic rings. The number of carboxylic acids is 1. The number of carboxylic acid groups (broad SMARTS) is 1. The van der Waals surface area contributed by atoms with Gasteiger partial charge in [0.25, 0.3) is 0 Å². The van der Waals surface area contributed by atoms with Crippen molar-refractivity contribution in [2.75, 3.05) is 6.54 Å². The quantitative estimate of drug-likeness (QED) is 0.667. The predicted octanol–water partition coefficient (Wildman–Crippen LogP) is 2.56. The second kappa shape index (κ2) is 6.62. The Bertz CT molecular complexity index is 550. The van der Waals surface area contributed by atoms with E-state index >= 15 is 0 Å². The molecule has 1 N–H and O–H groups in total. The summed E-state index contributed by atoms with van der Waals surface area (Å²) in [6.45, 7) is 0.880. The molecule has 0 saturated carbocycles. The second-order valence-electron chi connectivity index (χ2n) is 5.23. The zero-order valence-electron chi connectivity index (χ0n) is 11.5. The number of nitro groups is 1. The number of nitrogens with zero attached hydrogens (tertiary/aromatic N) is 2. The lowest BCUT2D eigenvalue weighted by Crippen LogP contribution is -2.40. The van der Waals surface area contributed by atoms with Crippen molar-refractivity contribution in [2.24, 2.45) is 0 Å². The standard InChI is InChI=1S/C14H17FN2O4/c15-14-10(4-3-6-12(14)17(20)21)9-16-7-2-1-5-11(16)8-13(18)19/h3-4,6,11H,1-2,5,7-9H2,(H,18,19). The van der Waals surface area contributed by atoms with E-state index in [0.717, 1.165) is 25.3 Å². The van der Waals surface area contributed by atoms with Crippen LogP contribution in [0.4, 0.5) is 10.1 Å². The molecule has 1 fully saturated rings. The summed E-state index contributed by atoms with van der Waals surface area (Å²) in [5.41, 5.74) is -0.305. The van der Waals surface area contributed by atoms with Gasteiger partial charge in [-0.2, -0.15) is 4.39 Å². The van der Waals surface area contributed by atoms with Gasteiger partial charge in [-0.15, -0.1) is 0 Å². The highest BCUT2D eigenvalue weighted by Gasteiger charge is 2.26. The lowest BCUT2D eigenvalue weighted by Gasteiger charge is -2.34. The molecule has 1 unspecified atom stereocenters. The number of benzene rings is 1. The average Bonchev–Trinajstić information content (AvgIpc) is 2.42. The monoisotopic (exact) mass is 296 g/mol. The number of halogens is 1. The Labute approximate surface area is 121 Å². The third kappa shape index (κ3) is 3.75. The highest BCUT2D eigenvalue weighted by Crippen LogP contribution is 2.26. The summed E-state index contributed by atoms with van der Waals surface area (Å²) >= 11 is 0. The number of nitro benzene ring substituents is 1. The molecule has 114 valence electrons. The first-order chi connectivity index (χ1) is 9.99. The predicted molar refractivity (Wildman–Crippen MR) is 73.4 cm³/mol. The van der Waals surface area contributed by atoms with Crippen LogP contribution in [0.1, 0.15) is 31.2 Å². The van der Waals surface area contributed by atoms with E-state index < -0.39 is 22.4 Å². The Morgan fingerprint density at radius 1 is 1.48 bits per heavy atom. The van der Waals surface area contributed by atoms with Crippen molar-refractivity contribution in [2.45, 2.75) is 38.3 Å². The Kier molecular flexibility index (Phi) is 4.85. The summed E-state index contributed by atoms with van der Waals surface area (Å²) in [7, 11) is 0. The fourth-order valence-corrected chi connectivity index (χ4v) is 2.75. The van der Waals surface area contributed by atoms with Crippen LogP contribution in [0.5, 0.6) is 0 Å². The van der Waals surface area contributed by atoms with Crippen molar-refractivity contribution in [1.82, 2.24) is 4.90 Å². The summed E-state index contributed by atoms with van der Waals surface area (Å²) in [5.74, 6) is -1.71. The normalized spacial score (nSPS) is 19.4. The van der Waals surface area contributed by atoms with Gasteiger partial charge < -0.3 is 5.11 Å². The molecule has 0 aromatic heterocycles. The van der Waals surface area contributed by atoms with Crippen molar-refractivity contribution in [1.29, 1.82) is 0 Å². The molecule has 7 heteroatoms. The first kappa shape index (κ1) is 15.4. The molecule has 21 heavy (non-hydrogen) atoms. The van der Waals surface area contributed by atoms with Gasteiger partial charge in [-0.25, -0.2) is 0 Å². The minimum absolute atomic E-state index is 0.0105. The van der Waals surface area contributed by atoms with E-state index in [1.165, 1.54) is 12.1 Å². The minimum atomic E-state index is -0.883. The van der Waals surface area contributed by atoms with Crippen LogP contribution in [0.25, 0.3) is 0 Å². The topological polar surface area (TPSA) is 83.7 Å². The lowest BCUT2D eigenvalue weighted by molar-refractivity contribution is -0.387. The number of hydrogen-bond donors (Lipinski definition) is 1. The van der Waals surface area contributed by atoms with Crippen molar-refractivity contribution in [3.63, 3.8) is 0 Å². The summed E-state index contributed by atoms with van der Waals surface area (Å²) in [6.07, 6.45) is 2.64. The first-order valence-corrected chi connectivity index (χ1v) is 6.86. The Balaban J connectivity index is 2.17. The van der Waals surface area contributed by atoms with E-state index in [1.54, 1.807) is 0 Å². The van der Waals surface area contributed by atoms with Crippen LogP contribution < -0.4 is 0 Å². The third-order valence-corrected chi connectivity index (χ3v) is 3.79. The summed E-state index contributed by atoms with van der Waals surface area (Å²) in [6, 6.07) is 3.94. The number of aliphatic carboxylic acids is 1. The molecule has 1 saturated heterocycles. The molecule has 0 bridgehead atoms. The first-order valence-electron chi connectivity index (χ1n) is 6.86. The molecule has 1 atom stereocenters. The van der Waals surface area contributed by atoms with E-state index in [0.29, 0.717) is 6.54 Å². The fraction of sp³-hybridized carbons (Fsp3) is 0.500. The summed E-state index contributed by atoms with van der Waals surface area (Å²) in [5, 5.41) is 19.7. The second-order valence-corrected chi connectivity index (χ2v) is 5.23. The Morgan fingerprint density at radius 3 is 2.90 bits per heavy atom. The SMILES string of the molecule is O=C(O)CC1CCCCN1Cc1cccc([N+](=O)[O-])c1F. The third-order valence-electron chi connectivity index (χ3n) is 3.79. The number of piperidine rings is 1. The van der Waals surface area contributed by atoms with E-state index in [-0.39, 0.29) is 24.6 Å². The van der Waals surface area contributed by atoms with Crippen molar-refractivity contribution >= 4 is 11.7 Å². The molecule has 1 aliphatic rings. The van der Waals surface area contributed by atoms with Gasteiger partial charge in [-0.05, 0) is 19.4 Å². The molecule has 6 nitrogen and oxygen atoms in total. The molecule has 1 heterocycles. The number of likely N-dealkylation sites (tertiary alicyclic amines) is 1. The van der Waals surface area contributed by atoms with Crippen molar-refractivity contribution < 1.29 is 19.2 Å². The van der Waals surface area contributed by atoms with Crippen LogP contribution in [-0.4, -0.2) is 33.5 Å². The van der Waals surface area contributed by atoms with Gasteiger partial charge in [-0.3, -0.25) is 19.8 Å². The van der Waals surface area contributed by atoms with Crippen LogP contribution in [0, 0.1) is 15.9 Å². The van der Waals surface area contributed by atoms with E-state index in [2.05, 4.69) is 0 Å². The number of carbonyl (C=O) groups is 1. The fourth-order valence-electron chi connectivity index (χ4n) is 2.75. The number of hydrogen-bond acceptors (Lipinski definition) is 4. The van der Waals surface area contributed by atoms with Crippen LogP contribution in [0.2, 0.25) is 0 Å². The van der Waals surface area contributed by atoms with Crippen LogP contribution in [-0.2, 0) is 11.3 Å². The van der Waals surface area contributed by atoms with Gasteiger partial charge in [0.2, 0.25) is 5.82 Å². The molecular weight excluding hydrogens is 279 g/mol. The summed E-state index contributed by atoms with van der Waals surface area (Å²) in [4.78, 5) is 22.8.